The second-order valence-corrected chi connectivity index (χ2v) is 7.52. The van der Waals surface area contributed by atoms with Gasteiger partial charge in [0.15, 0.2) is 0 Å². The second-order valence-electron chi connectivity index (χ2n) is 7.52. The SMILES string of the molecule is COc1ccc(-n2nc([C@H]3CCCN(CCN4CCOCC4)C3)[nH]c2=O)cc1. The maximum absolute atomic E-state index is 12.4. The van der Waals surface area contributed by atoms with Crippen molar-refractivity contribution < 1.29 is 9.47 Å². The molecule has 0 saturated carbocycles. The molecule has 1 aromatic heterocycles. The summed E-state index contributed by atoms with van der Waals surface area (Å²) in [6.45, 7) is 7.92. The van der Waals surface area contributed by atoms with Gasteiger partial charge in [0.2, 0.25) is 0 Å². The van der Waals surface area contributed by atoms with E-state index in [-0.39, 0.29) is 11.6 Å². The second kappa shape index (κ2) is 8.89. The number of morpholine rings is 1. The summed E-state index contributed by atoms with van der Waals surface area (Å²) >= 11 is 0. The van der Waals surface area contributed by atoms with Gasteiger partial charge in [-0.2, -0.15) is 4.68 Å². The Morgan fingerprint density at radius 3 is 2.64 bits per heavy atom. The number of benzene rings is 1. The highest BCUT2D eigenvalue weighted by Crippen LogP contribution is 2.24. The van der Waals surface area contributed by atoms with Gasteiger partial charge in [-0.3, -0.25) is 9.88 Å². The highest BCUT2D eigenvalue weighted by Gasteiger charge is 2.25. The molecule has 4 rings (SSSR count). The van der Waals surface area contributed by atoms with Crippen LogP contribution in [0.15, 0.2) is 29.1 Å². The van der Waals surface area contributed by atoms with Crippen LogP contribution in [0.1, 0.15) is 24.6 Å². The average Bonchev–Trinajstić information content (AvgIpc) is 3.15. The smallest absolute Gasteiger partial charge is 0.348 e. The number of nitrogens with zero attached hydrogens (tertiary/aromatic N) is 4. The lowest BCUT2D eigenvalue weighted by molar-refractivity contribution is 0.0318. The molecule has 2 saturated heterocycles. The van der Waals surface area contributed by atoms with Crippen LogP contribution in [0.5, 0.6) is 5.75 Å². The lowest BCUT2D eigenvalue weighted by atomic mass is 9.97. The Labute approximate surface area is 165 Å². The van der Waals surface area contributed by atoms with Crippen molar-refractivity contribution in [3.63, 3.8) is 0 Å². The molecule has 0 spiro atoms. The van der Waals surface area contributed by atoms with E-state index in [9.17, 15) is 4.79 Å². The molecular formula is C20H29N5O3. The van der Waals surface area contributed by atoms with Crippen LogP contribution < -0.4 is 10.4 Å². The first kappa shape index (κ1) is 19.2. The molecule has 0 aliphatic carbocycles. The first-order valence-corrected chi connectivity index (χ1v) is 10.1. The Morgan fingerprint density at radius 1 is 1.14 bits per heavy atom. The number of aromatic nitrogens is 3. The van der Waals surface area contributed by atoms with Crippen molar-refractivity contribution in [3.05, 3.63) is 40.6 Å². The van der Waals surface area contributed by atoms with E-state index in [0.29, 0.717) is 0 Å². The first-order valence-electron chi connectivity index (χ1n) is 10.1. The minimum absolute atomic E-state index is 0.189. The minimum atomic E-state index is -0.189. The monoisotopic (exact) mass is 387 g/mol. The Kier molecular flexibility index (Phi) is 6.09. The third kappa shape index (κ3) is 4.45. The number of hydrogen-bond acceptors (Lipinski definition) is 6. The standard InChI is InChI=1S/C20H29N5O3/c1-27-18-6-4-17(5-7-18)25-20(26)21-19(22-25)16-3-2-8-24(15-16)10-9-23-11-13-28-14-12-23/h4-7,16H,2-3,8-15H2,1H3,(H,21,22,26)/t16-/m0/s1. The predicted molar refractivity (Wildman–Crippen MR) is 106 cm³/mol. The van der Waals surface area contributed by atoms with Gasteiger partial charge < -0.3 is 14.4 Å². The van der Waals surface area contributed by atoms with Crippen LogP contribution in [-0.2, 0) is 4.74 Å². The van der Waals surface area contributed by atoms with Crippen LogP contribution in [0.4, 0.5) is 0 Å². The fourth-order valence-corrected chi connectivity index (χ4v) is 4.01. The maximum Gasteiger partial charge on any atom is 0.348 e. The molecular weight excluding hydrogens is 358 g/mol. The minimum Gasteiger partial charge on any atom is -0.497 e. The number of aromatic amines is 1. The molecule has 8 heteroatoms. The van der Waals surface area contributed by atoms with Crippen LogP contribution in [0.2, 0.25) is 0 Å². The van der Waals surface area contributed by atoms with Gasteiger partial charge in [-0.15, -0.1) is 5.10 Å². The van der Waals surface area contributed by atoms with Crippen LogP contribution in [0.3, 0.4) is 0 Å². The molecule has 152 valence electrons. The van der Waals surface area contributed by atoms with Gasteiger partial charge >= 0.3 is 5.69 Å². The molecule has 0 radical (unpaired) electrons. The zero-order valence-corrected chi connectivity index (χ0v) is 16.5. The molecule has 1 aromatic carbocycles. The Balaban J connectivity index is 1.40. The molecule has 0 unspecified atom stereocenters. The third-order valence-corrected chi connectivity index (χ3v) is 5.68. The lowest BCUT2D eigenvalue weighted by Crippen LogP contribution is -2.43. The third-order valence-electron chi connectivity index (χ3n) is 5.68. The number of rotatable bonds is 6. The van der Waals surface area contributed by atoms with Gasteiger partial charge in [-0.05, 0) is 43.7 Å². The van der Waals surface area contributed by atoms with E-state index in [1.807, 2.05) is 24.3 Å². The number of ether oxygens (including phenoxy) is 2. The molecule has 1 atom stereocenters. The zero-order chi connectivity index (χ0) is 19.3. The summed E-state index contributed by atoms with van der Waals surface area (Å²) in [6, 6.07) is 7.37. The Bertz CT molecular complexity index is 810. The topological polar surface area (TPSA) is 75.6 Å². The van der Waals surface area contributed by atoms with E-state index in [1.54, 1.807) is 7.11 Å². The first-order chi connectivity index (χ1) is 13.7. The van der Waals surface area contributed by atoms with E-state index >= 15 is 0 Å². The Morgan fingerprint density at radius 2 is 1.89 bits per heavy atom. The number of likely N-dealkylation sites (tertiary alicyclic amines) is 1. The van der Waals surface area contributed by atoms with E-state index in [1.165, 1.54) is 4.68 Å². The molecule has 0 amide bonds. The Hall–Kier alpha value is -2.16. The number of H-pyrrole nitrogens is 1. The highest BCUT2D eigenvalue weighted by molar-refractivity contribution is 5.36. The summed E-state index contributed by atoms with van der Waals surface area (Å²) < 4.78 is 12.1. The van der Waals surface area contributed by atoms with Crippen molar-refractivity contribution in [2.75, 3.05) is 59.6 Å². The quantitative estimate of drug-likeness (QED) is 0.800. The number of hydrogen-bond donors (Lipinski definition) is 1. The van der Waals surface area contributed by atoms with Crippen molar-refractivity contribution in [2.45, 2.75) is 18.8 Å². The predicted octanol–water partition coefficient (Wildman–Crippen LogP) is 1.08. The van der Waals surface area contributed by atoms with Gasteiger partial charge in [0.1, 0.15) is 11.6 Å². The molecule has 2 fully saturated rings. The van der Waals surface area contributed by atoms with E-state index in [2.05, 4.69) is 19.9 Å². The summed E-state index contributed by atoms with van der Waals surface area (Å²) in [7, 11) is 1.63. The van der Waals surface area contributed by atoms with Crippen molar-refractivity contribution in [1.82, 2.24) is 24.6 Å². The van der Waals surface area contributed by atoms with Crippen LogP contribution in [0.25, 0.3) is 5.69 Å². The summed E-state index contributed by atoms with van der Waals surface area (Å²) in [5.41, 5.74) is 0.555. The molecule has 28 heavy (non-hydrogen) atoms. The van der Waals surface area contributed by atoms with Gasteiger partial charge in [0.05, 0.1) is 26.0 Å². The van der Waals surface area contributed by atoms with Crippen LogP contribution in [-0.4, -0.2) is 84.2 Å². The molecule has 8 nitrogen and oxygen atoms in total. The van der Waals surface area contributed by atoms with E-state index < -0.39 is 0 Å². The molecule has 3 heterocycles. The van der Waals surface area contributed by atoms with Gasteiger partial charge in [-0.1, -0.05) is 0 Å². The maximum atomic E-state index is 12.4. The number of nitrogens with one attached hydrogen (secondary N) is 1. The fourth-order valence-electron chi connectivity index (χ4n) is 4.01. The highest BCUT2D eigenvalue weighted by atomic mass is 16.5. The van der Waals surface area contributed by atoms with E-state index in [4.69, 9.17) is 9.47 Å². The molecule has 0 bridgehead atoms. The molecule has 2 aliphatic rings. The van der Waals surface area contributed by atoms with E-state index in [0.717, 1.165) is 82.6 Å². The fraction of sp³-hybridized carbons (Fsp3) is 0.600. The van der Waals surface area contributed by atoms with Crippen molar-refractivity contribution in [1.29, 1.82) is 0 Å². The zero-order valence-electron chi connectivity index (χ0n) is 16.5. The summed E-state index contributed by atoms with van der Waals surface area (Å²) in [6.07, 6.45) is 2.19. The number of methoxy groups -OCH3 is 1. The van der Waals surface area contributed by atoms with Crippen LogP contribution in [0, 0.1) is 0 Å². The van der Waals surface area contributed by atoms with Crippen molar-refractivity contribution in [2.24, 2.45) is 0 Å². The lowest BCUT2D eigenvalue weighted by Gasteiger charge is -2.34. The number of piperidine rings is 1. The van der Waals surface area contributed by atoms with Gasteiger partial charge in [0, 0.05) is 38.6 Å². The summed E-state index contributed by atoms with van der Waals surface area (Å²) in [4.78, 5) is 20.4. The summed E-state index contributed by atoms with van der Waals surface area (Å²) in [5.74, 6) is 1.82. The molecule has 2 aliphatic heterocycles. The molecule has 2 aromatic rings. The average molecular weight is 387 g/mol. The largest absolute Gasteiger partial charge is 0.497 e. The van der Waals surface area contributed by atoms with Crippen molar-refractivity contribution >= 4 is 0 Å². The van der Waals surface area contributed by atoms with Crippen molar-refractivity contribution in [3.8, 4) is 11.4 Å². The molecule has 1 N–H and O–H groups in total. The summed E-state index contributed by atoms with van der Waals surface area (Å²) in [5, 5.41) is 4.60. The van der Waals surface area contributed by atoms with Gasteiger partial charge in [-0.25, -0.2) is 4.79 Å². The normalized spacial score (nSPS) is 21.7. The van der Waals surface area contributed by atoms with Gasteiger partial charge in [0.25, 0.3) is 0 Å². The van der Waals surface area contributed by atoms with Crippen LogP contribution >= 0.6 is 0 Å².